The molecule has 0 bridgehead atoms. The number of hydrogen-bond acceptors (Lipinski definition) is 6. The molecule has 0 saturated carbocycles. The summed E-state index contributed by atoms with van der Waals surface area (Å²) in [5.41, 5.74) is 1.68. The van der Waals surface area contributed by atoms with Gasteiger partial charge in [-0.3, -0.25) is 4.79 Å². The second-order valence-corrected chi connectivity index (χ2v) is 10.5. The van der Waals surface area contributed by atoms with Crippen molar-refractivity contribution in [3.63, 3.8) is 0 Å². The number of likely N-dealkylation sites (tertiary alicyclic amines) is 1. The minimum atomic E-state index is -3.18. The summed E-state index contributed by atoms with van der Waals surface area (Å²) in [7, 11) is -3.18. The fourth-order valence-corrected chi connectivity index (χ4v) is 5.76. The molecule has 30 heavy (non-hydrogen) atoms. The predicted octanol–water partition coefficient (Wildman–Crippen LogP) is 2.10. The molecule has 8 nitrogen and oxygen atoms in total. The van der Waals surface area contributed by atoms with Crippen LogP contribution in [0.2, 0.25) is 0 Å². The molecule has 0 aliphatic carbocycles. The van der Waals surface area contributed by atoms with Gasteiger partial charge in [0.05, 0.1) is 11.4 Å². The lowest BCUT2D eigenvalue weighted by Gasteiger charge is -2.37. The molecule has 1 unspecified atom stereocenters. The lowest BCUT2D eigenvalue weighted by molar-refractivity contribution is -0.138. The van der Waals surface area contributed by atoms with E-state index in [1.54, 1.807) is 13.1 Å². The van der Waals surface area contributed by atoms with Crippen LogP contribution in [0, 0.1) is 12.8 Å². The van der Waals surface area contributed by atoms with Crippen LogP contribution in [0.15, 0.2) is 18.3 Å². The number of aryl methyl sites for hydroxylation is 1. The van der Waals surface area contributed by atoms with E-state index in [1.807, 2.05) is 24.0 Å². The molecule has 2 fully saturated rings. The third kappa shape index (κ3) is 4.18. The molecular weight excluding hydrogens is 402 g/mol. The molecule has 4 heterocycles. The van der Waals surface area contributed by atoms with E-state index in [-0.39, 0.29) is 23.5 Å². The monoisotopic (exact) mass is 431 g/mol. The van der Waals surface area contributed by atoms with E-state index in [2.05, 4.69) is 9.97 Å². The fraction of sp³-hybridized carbons (Fsp3) is 0.619. The number of rotatable bonds is 4. The molecule has 2 aliphatic heterocycles. The third-order valence-corrected chi connectivity index (χ3v) is 8.18. The Morgan fingerprint density at radius 3 is 2.67 bits per heavy atom. The lowest BCUT2D eigenvalue weighted by Crippen LogP contribution is -2.47. The second-order valence-electron chi connectivity index (χ2n) is 8.23. The average molecular weight is 432 g/mol. The smallest absolute Gasteiger partial charge is 0.225 e. The first-order valence-electron chi connectivity index (χ1n) is 10.7. The van der Waals surface area contributed by atoms with Crippen molar-refractivity contribution in [2.45, 2.75) is 45.4 Å². The van der Waals surface area contributed by atoms with Gasteiger partial charge in [-0.15, -0.1) is 0 Å². The lowest BCUT2D eigenvalue weighted by atomic mass is 9.90. The minimum absolute atomic E-state index is 0.0994. The van der Waals surface area contributed by atoms with Gasteiger partial charge in [0.15, 0.2) is 5.65 Å². The SMILES string of the molecule is CCS(=O)(=O)N1CCC(C(=O)N2CCCC(c3nc(C)nc4ncccc34)C2)CC1. The highest BCUT2D eigenvalue weighted by Crippen LogP contribution is 2.31. The predicted molar refractivity (Wildman–Crippen MR) is 114 cm³/mol. The topological polar surface area (TPSA) is 96.4 Å². The van der Waals surface area contributed by atoms with Crippen LogP contribution >= 0.6 is 0 Å². The summed E-state index contributed by atoms with van der Waals surface area (Å²) in [6.45, 7) is 5.81. The van der Waals surface area contributed by atoms with E-state index in [4.69, 9.17) is 4.98 Å². The van der Waals surface area contributed by atoms with Crippen LogP contribution in [-0.4, -0.2) is 70.4 Å². The molecule has 0 radical (unpaired) electrons. The summed E-state index contributed by atoms with van der Waals surface area (Å²) < 4.78 is 25.7. The van der Waals surface area contributed by atoms with Crippen molar-refractivity contribution < 1.29 is 13.2 Å². The molecule has 0 spiro atoms. The van der Waals surface area contributed by atoms with E-state index in [1.165, 1.54) is 4.31 Å². The molecule has 2 saturated heterocycles. The molecule has 1 amide bonds. The number of piperidine rings is 2. The second kappa shape index (κ2) is 8.55. The van der Waals surface area contributed by atoms with Crippen molar-refractivity contribution in [2.75, 3.05) is 31.9 Å². The standard InChI is InChI=1S/C21H29N5O3S/c1-3-30(28,29)26-12-8-16(9-13-26)21(27)25-11-5-6-17(14-25)19-18-7-4-10-22-20(18)24-15(2)23-19/h4,7,10,16-17H,3,5-6,8-9,11-14H2,1-2H3. The van der Waals surface area contributed by atoms with Gasteiger partial charge < -0.3 is 4.90 Å². The Hall–Kier alpha value is -2.13. The van der Waals surface area contributed by atoms with Crippen molar-refractivity contribution in [2.24, 2.45) is 5.92 Å². The molecule has 9 heteroatoms. The van der Waals surface area contributed by atoms with Crippen LogP contribution in [0.4, 0.5) is 0 Å². The van der Waals surface area contributed by atoms with Crippen molar-refractivity contribution in [3.8, 4) is 0 Å². The summed E-state index contributed by atoms with van der Waals surface area (Å²) >= 11 is 0. The number of nitrogens with zero attached hydrogens (tertiary/aromatic N) is 5. The van der Waals surface area contributed by atoms with Crippen LogP contribution in [0.3, 0.4) is 0 Å². The van der Waals surface area contributed by atoms with Gasteiger partial charge >= 0.3 is 0 Å². The van der Waals surface area contributed by atoms with E-state index < -0.39 is 10.0 Å². The Labute approximate surface area is 177 Å². The highest BCUT2D eigenvalue weighted by atomic mass is 32.2. The average Bonchev–Trinajstić information content (AvgIpc) is 2.78. The molecule has 2 aromatic heterocycles. The minimum Gasteiger partial charge on any atom is -0.342 e. The van der Waals surface area contributed by atoms with Gasteiger partial charge in [0.25, 0.3) is 0 Å². The van der Waals surface area contributed by atoms with Crippen molar-refractivity contribution in [3.05, 3.63) is 29.8 Å². The Morgan fingerprint density at radius 2 is 1.93 bits per heavy atom. The molecule has 2 aliphatic rings. The number of hydrogen-bond donors (Lipinski definition) is 0. The normalized spacial score (nSPS) is 21.8. The summed E-state index contributed by atoms with van der Waals surface area (Å²) in [5, 5.41) is 0.959. The molecule has 4 rings (SSSR count). The number of aromatic nitrogens is 3. The quantitative estimate of drug-likeness (QED) is 0.736. The van der Waals surface area contributed by atoms with Crippen molar-refractivity contribution >= 4 is 27.0 Å². The van der Waals surface area contributed by atoms with E-state index >= 15 is 0 Å². The number of carbonyl (C=O) groups excluding carboxylic acids is 1. The van der Waals surface area contributed by atoms with Crippen molar-refractivity contribution in [1.29, 1.82) is 0 Å². The zero-order chi connectivity index (χ0) is 21.3. The number of amides is 1. The maximum Gasteiger partial charge on any atom is 0.225 e. The molecular formula is C21H29N5O3S. The Kier molecular flexibility index (Phi) is 6.02. The fourth-order valence-electron chi connectivity index (χ4n) is 4.63. The first kappa shape index (κ1) is 21.1. The molecule has 0 aromatic carbocycles. The van der Waals surface area contributed by atoms with Crippen LogP contribution < -0.4 is 0 Å². The van der Waals surface area contributed by atoms with Crippen LogP contribution in [0.25, 0.3) is 11.0 Å². The van der Waals surface area contributed by atoms with Gasteiger partial charge in [0.2, 0.25) is 15.9 Å². The summed E-state index contributed by atoms with van der Waals surface area (Å²) in [4.78, 5) is 28.7. The third-order valence-electron chi connectivity index (χ3n) is 6.29. The van der Waals surface area contributed by atoms with Gasteiger partial charge in [-0.25, -0.2) is 27.7 Å². The zero-order valence-electron chi connectivity index (χ0n) is 17.6. The first-order valence-corrected chi connectivity index (χ1v) is 12.4. The Balaban J connectivity index is 1.47. The summed E-state index contributed by atoms with van der Waals surface area (Å²) in [6.07, 6.45) is 4.85. The van der Waals surface area contributed by atoms with Gasteiger partial charge in [0, 0.05) is 49.6 Å². The summed E-state index contributed by atoms with van der Waals surface area (Å²) in [5.74, 6) is 1.03. The van der Waals surface area contributed by atoms with Crippen molar-refractivity contribution in [1.82, 2.24) is 24.2 Å². The van der Waals surface area contributed by atoms with E-state index in [0.29, 0.717) is 43.9 Å². The Bertz CT molecular complexity index is 1030. The molecule has 2 aromatic rings. The molecule has 0 N–H and O–H groups in total. The maximum absolute atomic E-state index is 13.2. The van der Waals surface area contributed by atoms with Gasteiger partial charge in [-0.05, 0) is 51.7 Å². The number of carbonyl (C=O) groups is 1. The maximum atomic E-state index is 13.2. The van der Waals surface area contributed by atoms with Gasteiger partial charge in [-0.1, -0.05) is 0 Å². The highest BCUT2D eigenvalue weighted by Gasteiger charge is 2.34. The summed E-state index contributed by atoms with van der Waals surface area (Å²) in [6, 6.07) is 3.90. The van der Waals surface area contributed by atoms with Crippen LogP contribution in [0.1, 0.15) is 50.0 Å². The van der Waals surface area contributed by atoms with E-state index in [9.17, 15) is 13.2 Å². The largest absolute Gasteiger partial charge is 0.342 e. The van der Waals surface area contributed by atoms with Crippen LogP contribution in [-0.2, 0) is 14.8 Å². The first-order chi connectivity index (χ1) is 14.4. The number of sulfonamides is 1. The Morgan fingerprint density at radius 1 is 1.17 bits per heavy atom. The van der Waals surface area contributed by atoms with Gasteiger partial charge in [0.1, 0.15) is 5.82 Å². The number of pyridine rings is 1. The van der Waals surface area contributed by atoms with E-state index in [0.717, 1.165) is 30.5 Å². The van der Waals surface area contributed by atoms with Crippen LogP contribution in [0.5, 0.6) is 0 Å². The molecule has 162 valence electrons. The number of fused-ring (bicyclic) bond motifs is 1. The zero-order valence-corrected chi connectivity index (χ0v) is 18.4. The van der Waals surface area contributed by atoms with Gasteiger partial charge in [-0.2, -0.15) is 0 Å². The highest BCUT2D eigenvalue weighted by molar-refractivity contribution is 7.89. The molecule has 1 atom stereocenters.